The van der Waals surface area contributed by atoms with Crippen molar-refractivity contribution in [2.75, 3.05) is 19.8 Å². The number of hydrogen-bond donors (Lipinski definition) is 1. The van der Waals surface area contributed by atoms with Crippen LogP contribution in [0.15, 0.2) is 45.2 Å². The number of benzene rings is 1. The van der Waals surface area contributed by atoms with Gasteiger partial charge in [-0.3, -0.25) is 9.59 Å². The molecule has 5 nitrogen and oxygen atoms in total. The SMILES string of the molecule is CC[C@H]1OCC(=O)C2=C1NC1=C(C(=O)COC1)[C@H]2c1ccc(C)c(Br)c1. The van der Waals surface area contributed by atoms with Crippen LogP contribution >= 0.6 is 15.9 Å². The van der Waals surface area contributed by atoms with Gasteiger partial charge in [-0.1, -0.05) is 35.0 Å². The third-order valence-corrected chi connectivity index (χ3v) is 6.05. The standard InChI is InChI=1S/C20H20BrNO4/c1-3-16-20-19(15(24)9-26-16)17(11-5-4-10(2)12(21)6-11)18-13(22-20)7-25-8-14(18)23/h4-6,16-17,22H,3,7-9H2,1-2H3/t16-,17-/m1/s1. The molecule has 1 N–H and O–H groups in total. The smallest absolute Gasteiger partial charge is 0.187 e. The molecule has 1 aromatic carbocycles. The molecule has 0 aliphatic carbocycles. The number of carbonyl (C=O) groups is 2. The molecular weight excluding hydrogens is 398 g/mol. The number of halogens is 1. The van der Waals surface area contributed by atoms with Crippen LogP contribution < -0.4 is 5.32 Å². The van der Waals surface area contributed by atoms with E-state index in [1.165, 1.54) is 0 Å². The lowest BCUT2D eigenvalue weighted by atomic mass is 9.75. The molecule has 0 fully saturated rings. The predicted octanol–water partition coefficient (Wildman–Crippen LogP) is 2.93. The van der Waals surface area contributed by atoms with Crippen molar-refractivity contribution < 1.29 is 19.1 Å². The predicted molar refractivity (Wildman–Crippen MR) is 99.7 cm³/mol. The summed E-state index contributed by atoms with van der Waals surface area (Å²) >= 11 is 3.58. The number of aryl methyl sites for hydroxylation is 1. The zero-order valence-electron chi connectivity index (χ0n) is 14.7. The Kier molecular flexibility index (Phi) is 4.59. The third-order valence-electron chi connectivity index (χ3n) is 5.20. The maximum Gasteiger partial charge on any atom is 0.187 e. The Balaban J connectivity index is 1.94. The van der Waals surface area contributed by atoms with E-state index < -0.39 is 0 Å². The van der Waals surface area contributed by atoms with E-state index in [1.807, 2.05) is 32.0 Å². The number of rotatable bonds is 2. The summed E-state index contributed by atoms with van der Waals surface area (Å²) in [6, 6.07) is 6.01. The molecule has 136 valence electrons. The molecule has 0 aromatic heterocycles. The van der Waals surface area contributed by atoms with Crippen LogP contribution in [0.3, 0.4) is 0 Å². The number of ether oxygens (including phenoxy) is 2. The van der Waals surface area contributed by atoms with E-state index in [0.29, 0.717) is 17.8 Å². The highest BCUT2D eigenvalue weighted by Gasteiger charge is 2.43. The highest BCUT2D eigenvalue weighted by Crippen LogP contribution is 2.43. The van der Waals surface area contributed by atoms with Crippen molar-refractivity contribution in [1.29, 1.82) is 0 Å². The third kappa shape index (κ3) is 2.76. The molecule has 0 unspecified atom stereocenters. The van der Waals surface area contributed by atoms with Gasteiger partial charge in [-0.2, -0.15) is 0 Å². The molecule has 0 radical (unpaired) electrons. The summed E-state index contributed by atoms with van der Waals surface area (Å²) < 4.78 is 12.1. The Bertz CT molecular complexity index is 871. The van der Waals surface area contributed by atoms with Gasteiger partial charge in [-0.25, -0.2) is 0 Å². The number of nitrogens with one attached hydrogen (secondary N) is 1. The zero-order chi connectivity index (χ0) is 18.4. The quantitative estimate of drug-likeness (QED) is 0.801. The Morgan fingerprint density at radius 2 is 1.92 bits per heavy atom. The van der Waals surface area contributed by atoms with E-state index in [4.69, 9.17) is 9.47 Å². The van der Waals surface area contributed by atoms with E-state index in [2.05, 4.69) is 21.2 Å². The molecule has 0 saturated heterocycles. The van der Waals surface area contributed by atoms with Crippen molar-refractivity contribution in [2.45, 2.75) is 32.3 Å². The molecule has 3 heterocycles. The fourth-order valence-electron chi connectivity index (χ4n) is 3.88. The first kappa shape index (κ1) is 17.6. The number of dihydropyridines is 1. The Hall–Kier alpha value is -1.76. The van der Waals surface area contributed by atoms with Crippen molar-refractivity contribution >= 4 is 27.5 Å². The minimum atomic E-state index is -0.375. The molecule has 3 aliphatic rings. The first-order valence-electron chi connectivity index (χ1n) is 8.77. The van der Waals surface area contributed by atoms with Gasteiger partial charge in [0, 0.05) is 27.2 Å². The topological polar surface area (TPSA) is 64.6 Å². The molecule has 2 atom stereocenters. The molecular formula is C20H20BrNO4. The van der Waals surface area contributed by atoms with Gasteiger partial charge in [0.1, 0.15) is 13.2 Å². The molecule has 26 heavy (non-hydrogen) atoms. The van der Waals surface area contributed by atoms with Crippen molar-refractivity contribution in [3.63, 3.8) is 0 Å². The highest BCUT2D eigenvalue weighted by atomic mass is 79.9. The summed E-state index contributed by atoms with van der Waals surface area (Å²) in [7, 11) is 0. The van der Waals surface area contributed by atoms with Gasteiger partial charge in [-0.15, -0.1) is 0 Å². The summed E-state index contributed by atoms with van der Waals surface area (Å²) in [5.74, 6) is -0.510. The molecule has 4 rings (SSSR count). The molecule has 0 amide bonds. The van der Waals surface area contributed by atoms with Crippen molar-refractivity contribution in [1.82, 2.24) is 5.32 Å². The molecule has 1 aromatic rings. The number of carbonyl (C=O) groups excluding carboxylic acids is 2. The molecule has 6 heteroatoms. The van der Waals surface area contributed by atoms with Gasteiger partial charge in [-0.05, 0) is 30.5 Å². The normalized spacial score (nSPS) is 25.8. The fourth-order valence-corrected chi connectivity index (χ4v) is 4.28. The van der Waals surface area contributed by atoms with E-state index in [9.17, 15) is 9.59 Å². The summed E-state index contributed by atoms with van der Waals surface area (Å²) in [6.45, 7) is 4.48. The van der Waals surface area contributed by atoms with Crippen molar-refractivity contribution in [2.24, 2.45) is 0 Å². The Morgan fingerprint density at radius 1 is 1.15 bits per heavy atom. The van der Waals surface area contributed by atoms with Crippen LogP contribution in [0.4, 0.5) is 0 Å². The monoisotopic (exact) mass is 417 g/mol. The van der Waals surface area contributed by atoms with Gasteiger partial charge < -0.3 is 14.8 Å². The first-order chi connectivity index (χ1) is 12.5. The van der Waals surface area contributed by atoms with Crippen LogP contribution in [0.25, 0.3) is 0 Å². The van der Waals surface area contributed by atoms with Gasteiger partial charge in [0.15, 0.2) is 11.6 Å². The minimum Gasteiger partial charge on any atom is -0.367 e. The zero-order valence-corrected chi connectivity index (χ0v) is 16.3. The van der Waals surface area contributed by atoms with Crippen LogP contribution in [0.2, 0.25) is 0 Å². The van der Waals surface area contributed by atoms with Gasteiger partial charge in [0.05, 0.1) is 18.4 Å². The van der Waals surface area contributed by atoms with E-state index >= 15 is 0 Å². The molecule has 3 aliphatic heterocycles. The number of hydrogen-bond acceptors (Lipinski definition) is 5. The van der Waals surface area contributed by atoms with Crippen LogP contribution in [0.5, 0.6) is 0 Å². The largest absolute Gasteiger partial charge is 0.367 e. The van der Waals surface area contributed by atoms with Crippen LogP contribution in [-0.2, 0) is 19.1 Å². The van der Waals surface area contributed by atoms with E-state index in [1.54, 1.807) is 0 Å². The van der Waals surface area contributed by atoms with E-state index in [0.717, 1.165) is 33.4 Å². The second kappa shape index (κ2) is 6.76. The van der Waals surface area contributed by atoms with Crippen LogP contribution in [0.1, 0.15) is 30.4 Å². The molecule has 0 saturated carbocycles. The van der Waals surface area contributed by atoms with Crippen LogP contribution in [-0.4, -0.2) is 37.5 Å². The second-order valence-corrected chi connectivity index (χ2v) is 7.69. The van der Waals surface area contributed by atoms with Gasteiger partial charge in [0.25, 0.3) is 0 Å². The van der Waals surface area contributed by atoms with Crippen LogP contribution in [0, 0.1) is 6.92 Å². The van der Waals surface area contributed by atoms with E-state index in [-0.39, 0.29) is 36.8 Å². The second-order valence-electron chi connectivity index (χ2n) is 6.83. The number of Topliss-reactive ketones (excluding diaryl/α,β-unsaturated/α-hetero) is 2. The van der Waals surface area contributed by atoms with Gasteiger partial charge in [0.2, 0.25) is 0 Å². The summed E-state index contributed by atoms with van der Waals surface area (Å²) in [5.41, 5.74) is 4.88. The summed E-state index contributed by atoms with van der Waals surface area (Å²) in [6.07, 6.45) is 0.575. The maximum atomic E-state index is 12.8. The fraction of sp³-hybridized carbons (Fsp3) is 0.400. The average molecular weight is 418 g/mol. The lowest BCUT2D eigenvalue weighted by molar-refractivity contribution is -0.124. The lowest BCUT2D eigenvalue weighted by Gasteiger charge is -2.39. The number of ketones is 2. The summed E-state index contributed by atoms with van der Waals surface area (Å²) in [5, 5.41) is 3.30. The lowest BCUT2D eigenvalue weighted by Crippen LogP contribution is -2.45. The summed E-state index contributed by atoms with van der Waals surface area (Å²) in [4.78, 5) is 25.5. The van der Waals surface area contributed by atoms with Gasteiger partial charge >= 0.3 is 0 Å². The highest BCUT2D eigenvalue weighted by molar-refractivity contribution is 9.10. The van der Waals surface area contributed by atoms with Crippen molar-refractivity contribution in [3.8, 4) is 0 Å². The van der Waals surface area contributed by atoms with Crippen molar-refractivity contribution in [3.05, 3.63) is 56.3 Å². The maximum absolute atomic E-state index is 12.8. The Labute approximate surface area is 160 Å². The first-order valence-corrected chi connectivity index (χ1v) is 9.56. The molecule has 0 bridgehead atoms. The Morgan fingerprint density at radius 3 is 2.65 bits per heavy atom. The molecule has 0 spiro atoms. The average Bonchev–Trinajstić information content (AvgIpc) is 2.63. The minimum absolute atomic E-state index is 0.0502.